The summed E-state index contributed by atoms with van der Waals surface area (Å²) in [5.74, 6) is 1.93. The standard InChI is InChI=1S/C17H12N6OS/c1-2-5-12-10(4-1)11(8-19-12)16-22-23-17(24-16)25-9-14-20-13-6-3-7-18-15(13)21-14/h1-8,19H,9H2,(H,18,20,21). The molecular formula is C17H12N6OS. The van der Waals surface area contributed by atoms with Crippen molar-refractivity contribution in [3.05, 3.63) is 54.6 Å². The Labute approximate surface area is 145 Å². The molecule has 0 atom stereocenters. The number of nitrogens with one attached hydrogen (secondary N) is 2. The van der Waals surface area contributed by atoms with Crippen molar-refractivity contribution in [2.45, 2.75) is 11.0 Å². The molecule has 0 amide bonds. The van der Waals surface area contributed by atoms with Gasteiger partial charge in [-0.1, -0.05) is 30.0 Å². The summed E-state index contributed by atoms with van der Waals surface area (Å²) < 4.78 is 5.80. The van der Waals surface area contributed by atoms with Crippen LogP contribution in [0.2, 0.25) is 0 Å². The molecule has 0 radical (unpaired) electrons. The number of aromatic amines is 2. The maximum atomic E-state index is 5.80. The highest BCUT2D eigenvalue weighted by molar-refractivity contribution is 7.98. The molecule has 5 aromatic rings. The van der Waals surface area contributed by atoms with Crippen molar-refractivity contribution in [3.63, 3.8) is 0 Å². The second-order valence-corrected chi connectivity index (χ2v) is 6.39. The van der Waals surface area contributed by atoms with Crippen molar-refractivity contribution < 1.29 is 4.42 Å². The van der Waals surface area contributed by atoms with Crippen molar-refractivity contribution in [2.24, 2.45) is 0 Å². The van der Waals surface area contributed by atoms with Crippen LogP contribution in [-0.2, 0) is 5.75 Å². The van der Waals surface area contributed by atoms with E-state index in [0.717, 1.165) is 27.8 Å². The van der Waals surface area contributed by atoms with E-state index in [2.05, 4.69) is 30.1 Å². The number of benzene rings is 1. The van der Waals surface area contributed by atoms with Gasteiger partial charge >= 0.3 is 0 Å². The summed E-state index contributed by atoms with van der Waals surface area (Å²) in [5, 5.41) is 9.86. The molecule has 0 fully saturated rings. The number of nitrogens with zero attached hydrogens (tertiary/aromatic N) is 4. The number of para-hydroxylation sites is 1. The van der Waals surface area contributed by atoms with Crippen LogP contribution >= 0.6 is 11.8 Å². The molecule has 7 nitrogen and oxygen atoms in total. The molecule has 4 heterocycles. The molecule has 8 heteroatoms. The number of aromatic nitrogens is 6. The monoisotopic (exact) mass is 348 g/mol. The van der Waals surface area contributed by atoms with Crippen LogP contribution in [0.4, 0.5) is 0 Å². The molecule has 0 unspecified atom stereocenters. The highest BCUT2D eigenvalue weighted by Gasteiger charge is 2.14. The molecule has 2 N–H and O–H groups in total. The van der Waals surface area contributed by atoms with Gasteiger partial charge in [0.05, 0.1) is 16.8 Å². The normalized spacial score (nSPS) is 11.5. The molecule has 5 rings (SSSR count). The quantitative estimate of drug-likeness (QED) is 0.480. The molecular weight excluding hydrogens is 336 g/mol. The molecule has 1 aromatic carbocycles. The van der Waals surface area contributed by atoms with Gasteiger partial charge in [0.15, 0.2) is 5.65 Å². The van der Waals surface area contributed by atoms with Gasteiger partial charge in [0, 0.05) is 23.3 Å². The van der Waals surface area contributed by atoms with Gasteiger partial charge < -0.3 is 14.4 Å². The number of thioether (sulfide) groups is 1. The van der Waals surface area contributed by atoms with Gasteiger partial charge in [-0.2, -0.15) is 0 Å². The minimum Gasteiger partial charge on any atom is -0.411 e. The van der Waals surface area contributed by atoms with Gasteiger partial charge in [-0.3, -0.25) is 0 Å². The number of hydrogen-bond donors (Lipinski definition) is 2. The summed E-state index contributed by atoms with van der Waals surface area (Å²) in [6.07, 6.45) is 3.61. The maximum Gasteiger partial charge on any atom is 0.277 e. The predicted molar refractivity (Wildman–Crippen MR) is 95.0 cm³/mol. The second-order valence-electron chi connectivity index (χ2n) is 5.47. The van der Waals surface area contributed by atoms with E-state index in [4.69, 9.17) is 4.42 Å². The minimum absolute atomic E-state index is 0.506. The Morgan fingerprint density at radius 1 is 1.04 bits per heavy atom. The zero-order chi connectivity index (χ0) is 16.6. The number of pyridine rings is 1. The Morgan fingerprint density at radius 2 is 1.96 bits per heavy atom. The molecule has 0 bridgehead atoms. The van der Waals surface area contributed by atoms with Crippen LogP contribution in [0.1, 0.15) is 5.82 Å². The van der Waals surface area contributed by atoms with E-state index in [-0.39, 0.29) is 0 Å². The Kier molecular flexibility index (Phi) is 3.27. The fourth-order valence-corrected chi connectivity index (χ4v) is 3.35. The van der Waals surface area contributed by atoms with E-state index < -0.39 is 0 Å². The van der Waals surface area contributed by atoms with E-state index in [1.54, 1.807) is 6.20 Å². The van der Waals surface area contributed by atoms with E-state index >= 15 is 0 Å². The van der Waals surface area contributed by atoms with E-state index in [9.17, 15) is 0 Å². The molecule has 0 aliphatic heterocycles. The first kappa shape index (κ1) is 14.2. The van der Waals surface area contributed by atoms with Gasteiger partial charge in [-0.25, -0.2) is 9.97 Å². The highest BCUT2D eigenvalue weighted by Crippen LogP contribution is 2.30. The van der Waals surface area contributed by atoms with Gasteiger partial charge in [0.25, 0.3) is 11.1 Å². The summed E-state index contributed by atoms with van der Waals surface area (Å²) in [6.45, 7) is 0. The lowest BCUT2D eigenvalue weighted by molar-refractivity contribution is 0.466. The zero-order valence-electron chi connectivity index (χ0n) is 12.9. The Bertz CT molecular complexity index is 1140. The van der Waals surface area contributed by atoms with Crippen LogP contribution in [0.5, 0.6) is 0 Å². The Morgan fingerprint density at radius 3 is 2.92 bits per heavy atom. The van der Waals surface area contributed by atoms with Gasteiger partial charge in [0.1, 0.15) is 5.82 Å². The lowest BCUT2D eigenvalue weighted by Crippen LogP contribution is -1.83. The van der Waals surface area contributed by atoms with E-state index in [1.807, 2.05) is 42.6 Å². The number of fused-ring (bicyclic) bond motifs is 2. The SMILES string of the molecule is c1cnc2nc(CSc3nnc(-c4c[nH]c5ccccc45)o3)[nH]c2c1. The van der Waals surface area contributed by atoms with Gasteiger partial charge in [-0.15, -0.1) is 10.2 Å². The first-order valence-electron chi connectivity index (χ1n) is 7.69. The summed E-state index contributed by atoms with van der Waals surface area (Å²) in [5.41, 5.74) is 3.58. The Balaban J connectivity index is 1.37. The minimum atomic E-state index is 0.506. The fraction of sp³-hybridized carbons (Fsp3) is 0.0588. The van der Waals surface area contributed by atoms with Gasteiger partial charge in [0.2, 0.25) is 0 Å². The maximum absolute atomic E-state index is 5.80. The van der Waals surface area contributed by atoms with Crippen molar-refractivity contribution in [2.75, 3.05) is 0 Å². The van der Waals surface area contributed by atoms with Crippen LogP contribution < -0.4 is 0 Å². The zero-order valence-corrected chi connectivity index (χ0v) is 13.7. The number of hydrogen-bond acceptors (Lipinski definition) is 6. The predicted octanol–water partition coefficient (Wildman–Crippen LogP) is 3.78. The third-order valence-electron chi connectivity index (χ3n) is 3.86. The van der Waals surface area contributed by atoms with Crippen molar-refractivity contribution in [3.8, 4) is 11.5 Å². The summed E-state index contributed by atoms with van der Waals surface area (Å²) in [6, 6.07) is 11.8. The lowest BCUT2D eigenvalue weighted by atomic mass is 10.2. The van der Waals surface area contributed by atoms with Crippen LogP contribution in [0, 0.1) is 0 Å². The molecule has 0 aliphatic rings. The summed E-state index contributed by atoms with van der Waals surface area (Å²) >= 11 is 1.44. The van der Waals surface area contributed by atoms with Crippen LogP contribution in [0.15, 0.2) is 58.4 Å². The average molecular weight is 348 g/mol. The van der Waals surface area contributed by atoms with Crippen LogP contribution in [0.25, 0.3) is 33.5 Å². The highest BCUT2D eigenvalue weighted by atomic mass is 32.2. The fourth-order valence-electron chi connectivity index (χ4n) is 2.72. The molecule has 0 saturated heterocycles. The van der Waals surface area contributed by atoms with E-state index in [1.165, 1.54) is 11.8 Å². The molecule has 0 saturated carbocycles. The number of H-pyrrole nitrogens is 2. The first-order valence-corrected chi connectivity index (χ1v) is 8.68. The molecule has 25 heavy (non-hydrogen) atoms. The molecule has 4 aromatic heterocycles. The Hall–Kier alpha value is -3.13. The first-order chi connectivity index (χ1) is 12.4. The molecule has 0 aliphatic carbocycles. The van der Waals surface area contributed by atoms with Crippen molar-refractivity contribution in [1.29, 1.82) is 0 Å². The van der Waals surface area contributed by atoms with E-state index in [0.29, 0.717) is 22.5 Å². The van der Waals surface area contributed by atoms with Crippen LogP contribution in [0.3, 0.4) is 0 Å². The molecule has 122 valence electrons. The molecule has 0 spiro atoms. The second kappa shape index (κ2) is 5.75. The largest absolute Gasteiger partial charge is 0.411 e. The van der Waals surface area contributed by atoms with Crippen molar-refractivity contribution >= 4 is 33.8 Å². The topological polar surface area (TPSA) is 96.3 Å². The summed E-state index contributed by atoms with van der Waals surface area (Å²) in [4.78, 5) is 15.1. The van der Waals surface area contributed by atoms with Crippen LogP contribution in [-0.4, -0.2) is 30.1 Å². The third-order valence-corrected chi connectivity index (χ3v) is 4.69. The average Bonchev–Trinajstić information content (AvgIpc) is 3.36. The lowest BCUT2D eigenvalue weighted by Gasteiger charge is -1.93. The number of rotatable bonds is 4. The van der Waals surface area contributed by atoms with Gasteiger partial charge in [-0.05, 0) is 18.2 Å². The summed E-state index contributed by atoms with van der Waals surface area (Å²) in [7, 11) is 0. The smallest absolute Gasteiger partial charge is 0.277 e. The van der Waals surface area contributed by atoms with Crippen molar-refractivity contribution in [1.82, 2.24) is 30.1 Å². The third kappa shape index (κ3) is 2.56. The number of imidazole rings is 1.